The van der Waals surface area contributed by atoms with Crippen molar-refractivity contribution in [2.24, 2.45) is 11.7 Å². The molecule has 0 aromatic rings. The summed E-state index contributed by atoms with van der Waals surface area (Å²) in [5, 5.41) is 0. The summed E-state index contributed by atoms with van der Waals surface area (Å²) in [4.78, 5) is 11.2. The van der Waals surface area contributed by atoms with Crippen LogP contribution in [0.5, 0.6) is 0 Å². The van der Waals surface area contributed by atoms with Crippen LogP contribution >= 0.6 is 0 Å². The number of rotatable bonds is 4. The Morgan fingerprint density at radius 1 is 1.64 bits per heavy atom. The average Bonchev–Trinajstić information content (AvgIpc) is 2.00. The normalized spacial score (nSPS) is 15.6. The highest BCUT2D eigenvalue weighted by Crippen LogP contribution is 2.08. The number of hydrogen-bond acceptors (Lipinski definition) is 2. The number of carbonyl (C=O) groups is 1. The molecule has 0 radical (unpaired) electrons. The molecule has 2 heteroatoms. The maximum Gasteiger partial charge on any atom is 0.174 e. The van der Waals surface area contributed by atoms with Gasteiger partial charge in [-0.15, -0.1) is 0 Å². The predicted molar refractivity (Wildman–Crippen MR) is 47.3 cm³/mol. The first-order chi connectivity index (χ1) is 5.00. The Kier molecular flexibility index (Phi) is 4.04. The fraction of sp³-hybridized carbons (Fsp3) is 0.667. The third-order valence-corrected chi connectivity index (χ3v) is 1.98. The predicted octanol–water partition coefficient (Wildman–Crippen LogP) is 1.50. The molecule has 0 aromatic carbocycles. The molecule has 0 amide bonds. The van der Waals surface area contributed by atoms with Crippen molar-refractivity contribution in [1.82, 2.24) is 0 Å². The van der Waals surface area contributed by atoms with E-state index in [4.69, 9.17) is 5.73 Å². The van der Waals surface area contributed by atoms with E-state index in [1.165, 1.54) is 0 Å². The summed E-state index contributed by atoms with van der Waals surface area (Å²) < 4.78 is 0. The van der Waals surface area contributed by atoms with Gasteiger partial charge in [0.2, 0.25) is 0 Å². The molecule has 0 aliphatic carbocycles. The van der Waals surface area contributed by atoms with E-state index in [0.717, 1.165) is 6.42 Å². The van der Waals surface area contributed by atoms with Gasteiger partial charge in [0.1, 0.15) is 0 Å². The maximum absolute atomic E-state index is 11.2. The van der Waals surface area contributed by atoms with E-state index in [1.54, 1.807) is 6.92 Å². The standard InChI is InChI=1S/C9H17NO/c1-5-7(4)8(10)9(11)6(2)3/h7-8H,2,5,10H2,1,3-4H3. The molecule has 2 nitrogen and oxygen atoms in total. The molecular weight excluding hydrogens is 138 g/mol. The lowest BCUT2D eigenvalue weighted by Gasteiger charge is -2.16. The zero-order valence-electron chi connectivity index (χ0n) is 7.55. The third-order valence-electron chi connectivity index (χ3n) is 1.98. The van der Waals surface area contributed by atoms with Crippen molar-refractivity contribution < 1.29 is 4.79 Å². The van der Waals surface area contributed by atoms with Crippen LogP contribution in [0.3, 0.4) is 0 Å². The van der Waals surface area contributed by atoms with Crippen LogP contribution in [0.4, 0.5) is 0 Å². The SMILES string of the molecule is C=C(C)C(=O)C(N)C(C)CC. The van der Waals surface area contributed by atoms with Crippen molar-refractivity contribution in [3.8, 4) is 0 Å². The second-order valence-corrected chi connectivity index (χ2v) is 3.06. The minimum atomic E-state index is -0.363. The fourth-order valence-electron chi connectivity index (χ4n) is 0.797. The van der Waals surface area contributed by atoms with Gasteiger partial charge < -0.3 is 5.73 Å². The van der Waals surface area contributed by atoms with Crippen LogP contribution in [-0.4, -0.2) is 11.8 Å². The van der Waals surface area contributed by atoms with Gasteiger partial charge in [-0.25, -0.2) is 0 Å². The summed E-state index contributed by atoms with van der Waals surface area (Å²) in [5.74, 6) is 0.235. The van der Waals surface area contributed by atoms with E-state index in [1.807, 2.05) is 13.8 Å². The Balaban J connectivity index is 4.13. The number of ketones is 1. The lowest BCUT2D eigenvalue weighted by Crippen LogP contribution is -2.36. The lowest BCUT2D eigenvalue weighted by atomic mass is 9.94. The van der Waals surface area contributed by atoms with Crippen LogP contribution in [0.25, 0.3) is 0 Å². The first-order valence-electron chi connectivity index (χ1n) is 3.96. The molecule has 64 valence electrons. The van der Waals surface area contributed by atoms with Gasteiger partial charge >= 0.3 is 0 Å². The molecule has 0 bridgehead atoms. The molecule has 0 aliphatic rings. The van der Waals surface area contributed by atoms with Gasteiger partial charge in [0.05, 0.1) is 6.04 Å². The van der Waals surface area contributed by atoms with E-state index in [0.29, 0.717) is 5.57 Å². The molecule has 2 atom stereocenters. The topological polar surface area (TPSA) is 43.1 Å². The highest BCUT2D eigenvalue weighted by molar-refractivity contribution is 5.98. The molecule has 0 aliphatic heterocycles. The van der Waals surface area contributed by atoms with Gasteiger partial charge in [-0.1, -0.05) is 26.8 Å². The van der Waals surface area contributed by atoms with Gasteiger partial charge in [-0.2, -0.15) is 0 Å². The zero-order chi connectivity index (χ0) is 9.02. The van der Waals surface area contributed by atoms with Gasteiger partial charge in [0.15, 0.2) is 5.78 Å². The van der Waals surface area contributed by atoms with Gasteiger partial charge in [-0.05, 0) is 18.4 Å². The molecule has 0 heterocycles. The molecule has 0 fully saturated rings. The fourth-order valence-corrected chi connectivity index (χ4v) is 0.797. The highest BCUT2D eigenvalue weighted by atomic mass is 16.1. The van der Waals surface area contributed by atoms with Gasteiger partial charge in [0.25, 0.3) is 0 Å². The van der Waals surface area contributed by atoms with Crippen LogP contribution in [0.15, 0.2) is 12.2 Å². The van der Waals surface area contributed by atoms with E-state index in [9.17, 15) is 4.79 Å². The van der Waals surface area contributed by atoms with Crippen molar-refractivity contribution in [2.75, 3.05) is 0 Å². The third kappa shape index (κ3) is 2.85. The van der Waals surface area contributed by atoms with Crippen LogP contribution in [0.2, 0.25) is 0 Å². The first-order valence-corrected chi connectivity index (χ1v) is 3.96. The summed E-state index contributed by atoms with van der Waals surface area (Å²) in [6.07, 6.45) is 0.931. The molecule has 0 rings (SSSR count). The molecule has 0 saturated carbocycles. The number of nitrogens with two attached hydrogens (primary N) is 1. The monoisotopic (exact) mass is 155 g/mol. The van der Waals surface area contributed by atoms with Crippen LogP contribution in [0.1, 0.15) is 27.2 Å². The maximum atomic E-state index is 11.2. The Morgan fingerprint density at radius 2 is 2.09 bits per heavy atom. The Bertz CT molecular complexity index is 163. The summed E-state index contributed by atoms with van der Waals surface area (Å²) in [6, 6.07) is -0.363. The Hall–Kier alpha value is -0.630. The van der Waals surface area contributed by atoms with Gasteiger partial charge in [-0.3, -0.25) is 4.79 Å². The molecule has 0 aromatic heterocycles. The van der Waals surface area contributed by atoms with E-state index >= 15 is 0 Å². The quantitative estimate of drug-likeness (QED) is 0.625. The number of hydrogen-bond donors (Lipinski definition) is 1. The van der Waals surface area contributed by atoms with Crippen molar-refractivity contribution >= 4 is 5.78 Å². The summed E-state index contributed by atoms with van der Waals surface area (Å²) in [5.41, 5.74) is 6.22. The summed E-state index contributed by atoms with van der Waals surface area (Å²) >= 11 is 0. The van der Waals surface area contributed by atoms with Crippen molar-refractivity contribution in [1.29, 1.82) is 0 Å². The largest absolute Gasteiger partial charge is 0.321 e. The molecule has 0 spiro atoms. The van der Waals surface area contributed by atoms with Crippen molar-refractivity contribution in [3.63, 3.8) is 0 Å². The van der Waals surface area contributed by atoms with Crippen LogP contribution in [-0.2, 0) is 4.79 Å². The van der Waals surface area contributed by atoms with Crippen molar-refractivity contribution in [3.05, 3.63) is 12.2 Å². The summed E-state index contributed by atoms with van der Waals surface area (Å²) in [6.45, 7) is 9.26. The molecule has 0 saturated heterocycles. The molecule has 11 heavy (non-hydrogen) atoms. The highest BCUT2D eigenvalue weighted by Gasteiger charge is 2.18. The Morgan fingerprint density at radius 3 is 2.36 bits per heavy atom. The first kappa shape index (κ1) is 10.4. The van der Waals surface area contributed by atoms with Crippen LogP contribution < -0.4 is 5.73 Å². The van der Waals surface area contributed by atoms with Crippen molar-refractivity contribution in [2.45, 2.75) is 33.2 Å². The Labute approximate surface area is 68.5 Å². The van der Waals surface area contributed by atoms with E-state index in [-0.39, 0.29) is 17.7 Å². The van der Waals surface area contributed by atoms with Crippen LogP contribution in [0, 0.1) is 5.92 Å². The number of Topliss-reactive ketones (excluding diaryl/α,β-unsaturated/α-hetero) is 1. The molecule has 2 unspecified atom stereocenters. The minimum absolute atomic E-state index is 0.0145. The molecular formula is C9H17NO. The smallest absolute Gasteiger partial charge is 0.174 e. The molecule has 2 N–H and O–H groups in total. The van der Waals surface area contributed by atoms with Gasteiger partial charge in [0, 0.05) is 0 Å². The summed E-state index contributed by atoms with van der Waals surface area (Å²) in [7, 11) is 0. The number of carbonyl (C=O) groups excluding carboxylic acids is 1. The average molecular weight is 155 g/mol. The lowest BCUT2D eigenvalue weighted by molar-refractivity contribution is -0.117. The van der Waals surface area contributed by atoms with E-state index < -0.39 is 0 Å². The minimum Gasteiger partial charge on any atom is -0.321 e. The zero-order valence-corrected chi connectivity index (χ0v) is 7.55. The van der Waals surface area contributed by atoms with E-state index in [2.05, 4.69) is 6.58 Å². The second kappa shape index (κ2) is 4.29. The second-order valence-electron chi connectivity index (χ2n) is 3.06.